The maximum Gasteiger partial charge on any atom is 0.341 e. The van der Waals surface area contributed by atoms with Gasteiger partial charge in [-0.15, -0.1) is 5.10 Å². The number of aromatic nitrogens is 5. The van der Waals surface area contributed by atoms with Crippen molar-refractivity contribution in [2.45, 2.75) is 44.0 Å². The van der Waals surface area contributed by atoms with Crippen LogP contribution in [0.1, 0.15) is 47.4 Å². The molecule has 12 nitrogen and oxygen atoms in total. The number of carboxylic acids is 1. The van der Waals surface area contributed by atoms with E-state index in [9.17, 15) is 24.6 Å². The average molecular weight is 472 g/mol. The topological polar surface area (TPSA) is 153 Å². The van der Waals surface area contributed by atoms with Crippen LogP contribution in [-0.4, -0.2) is 66.4 Å². The lowest BCUT2D eigenvalue weighted by molar-refractivity contribution is -0.142. The van der Waals surface area contributed by atoms with Gasteiger partial charge in [0.2, 0.25) is 5.43 Å². The van der Waals surface area contributed by atoms with Crippen molar-refractivity contribution in [1.82, 2.24) is 24.5 Å². The smallest absolute Gasteiger partial charge is 0.341 e. The summed E-state index contributed by atoms with van der Waals surface area (Å²) >= 11 is 0. The summed E-state index contributed by atoms with van der Waals surface area (Å²) in [6.07, 6.45) is 4.58. The van der Waals surface area contributed by atoms with Crippen LogP contribution >= 0.6 is 0 Å². The molecule has 13 heteroatoms. The second-order valence-electron chi connectivity index (χ2n) is 8.41. The fourth-order valence-electron chi connectivity index (χ4n) is 4.39. The monoisotopic (exact) mass is 472 g/mol. The number of pyridine rings is 2. The van der Waals surface area contributed by atoms with Gasteiger partial charge in [-0.2, -0.15) is 0 Å². The summed E-state index contributed by atoms with van der Waals surface area (Å²) < 4.78 is 23.4. The fraction of sp³-hybridized carbons (Fsp3) is 0.429. The Morgan fingerprint density at radius 3 is 2.65 bits per heavy atom. The van der Waals surface area contributed by atoms with Crippen molar-refractivity contribution in [3.8, 4) is 0 Å². The number of rotatable bonds is 6. The van der Waals surface area contributed by atoms with Gasteiger partial charge < -0.3 is 24.4 Å². The lowest BCUT2D eigenvalue weighted by Gasteiger charge is -2.24. The highest BCUT2D eigenvalue weighted by Gasteiger charge is 2.41. The second-order valence-corrected chi connectivity index (χ2v) is 8.41. The highest BCUT2D eigenvalue weighted by atomic mass is 19.1. The van der Waals surface area contributed by atoms with Crippen molar-refractivity contribution in [3.63, 3.8) is 0 Å². The second kappa shape index (κ2) is 8.17. The van der Waals surface area contributed by atoms with Crippen LogP contribution in [0.5, 0.6) is 0 Å². The van der Waals surface area contributed by atoms with Gasteiger partial charge in [-0.05, 0) is 18.9 Å². The zero-order valence-electron chi connectivity index (χ0n) is 18.1. The molecular weight excluding hydrogens is 451 g/mol. The number of nitrogens with zero attached hydrogens (tertiary/aromatic N) is 6. The number of esters is 1. The number of carbonyl (C=O) groups is 2. The molecule has 2 fully saturated rings. The van der Waals surface area contributed by atoms with E-state index < -0.39 is 34.8 Å². The first-order valence-corrected chi connectivity index (χ1v) is 10.7. The van der Waals surface area contributed by atoms with E-state index in [1.165, 1.54) is 22.9 Å². The molecule has 1 saturated heterocycles. The molecule has 2 aliphatic rings. The number of aliphatic hydroxyl groups is 1. The van der Waals surface area contributed by atoms with Crippen LogP contribution in [0.2, 0.25) is 0 Å². The molecule has 3 aromatic rings. The minimum absolute atomic E-state index is 0.0400. The van der Waals surface area contributed by atoms with Gasteiger partial charge in [0.25, 0.3) is 0 Å². The molecule has 178 valence electrons. The van der Waals surface area contributed by atoms with Crippen LogP contribution in [0.3, 0.4) is 0 Å². The summed E-state index contributed by atoms with van der Waals surface area (Å²) in [6.45, 7) is -0.154. The van der Waals surface area contributed by atoms with Crippen LogP contribution in [0.25, 0.3) is 11.0 Å². The summed E-state index contributed by atoms with van der Waals surface area (Å²) in [5.74, 6) is -3.00. The average Bonchev–Trinajstić information content (AvgIpc) is 3.38. The standard InChI is InChI=1S/C21H21FN6O6/c1-34-21(33)16-4-12(28-6-10(9-29)24-25-28)7-27(16)19-15(22)5-13-17(30)14(20(31)32)8-26(11-2-3-11)18(13)23-19/h5-6,8,11-12,16,29H,2-4,7,9H2,1H3,(H,31,32)/t12-,16-/m0/s1. The molecule has 1 aliphatic carbocycles. The molecule has 5 rings (SSSR count). The summed E-state index contributed by atoms with van der Waals surface area (Å²) in [6, 6.07) is -0.321. The lowest BCUT2D eigenvalue weighted by Crippen LogP contribution is -2.38. The number of fused-ring (bicyclic) bond motifs is 1. The Kier molecular flexibility index (Phi) is 5.27. The van der Waals surface area contributed by atoms with E-state index in [-0.39, 0.29) is 48.5 Å². The molecule has 0 amide bonds. The maximum absolute atomic E-state index is 15.3. The number of carboxylic acid groups (broad SMARTS) is 1. The van der Waals surface area contributed by atoms with Gasteiger partial charge in [0.15, 0.2) is 11.6 Å². The van der Waals surface area contributed by atoms with E-state index in [2.05, 4.69) is 15.3 Å². The first-order chi connectivity index (χ1) is 16.3. The molecule has 3 aromatic heterocycles. The van der Waals surface area contributed by atoms with Crippen LogP contribution in [0.4, 0.5) is 10.2 Å². The predicted octanol–water partition coefficient (Wildman–Crippen LogP) is 0.645. The first-order valence-electron chi connectivity index (χ1n) is 10.7. The number of anilines is 1. The van der Waals surface area contributed by atoms with Crippen molar-refractivity contribution >= 4 is 28.8 Å². The van der Waals surface area contributed by atoms with Gasteiger partial charge in [-0.3, -0.25) is 4.79 Å². The SMILES string of the molecule is COC(=O)[C@@H]1C[C@H](n2cc(CO)nn2)CN1c1nc2c(cc1F)c(=O)c(C(=O)O)cn2C1CC1. The lowest BCUT2D eigenvalue weighted by atomic mass is 10.1. The van der Waals surface area contributed by atoms with Gasteiger partial charge in [-0.1, -0.05) is 5.21 Å². The third kappa shape index (κ3) is 3.57. The fourth-order valence-corrected chi connectivity index (χ4v) is 4.39. The van der Waals surface area contributed by atoms with Crippen molar-refractivity contribution < 1.29 is 28.9 Å². The third-order valence-electron chi connectivity index (χ3n) is 6.23. The molecule has 0 radical (unpaired) electrons. The maximum atomic E-state index is 15.3. The van der Waals surface area contributed by atoms with E-state index in [0.717, 1.165) is 18.9 Å². The van der Waals surface area contributed by atoms with Crippen molar-refractivity contribution in [1.29, 1.82) is 0 Å². The molecule has 0 bridgehead atoms. The molecule has 0 spiro atoms. The Balaban J connectivity index is 1.62. The Hall–Kier alpha value is -3.87. The minimum atomic E-state index is -1.39. The van der Waals surface area contributed by atoms with E-state index in [1.54, 1.807) is 10.8 Å². The zero-order valence-corrected chi connectivity index (χ0v) is 18.1. The summed E-state index contributed by atoms with van der Waals surface area (Å²) in [5.41, 5.74) is -0.761. The Bertz CT molecular complexity index is 1370. The van der Waals surface area contributed by atoms with E-state index in [1.807, 2.05) is 0 Å². The van der Waals surface area contributed by atoms with E-state index >= 15 is 4.39 Å². The number of hydrogen-bond acceptors (Lipinski definition) is 9. The van der Waals surface area contributed by atoms with Crippen LogP contribution in [0.15, 0.2) is 23.3 Å². The van der Waals surface area contributed by atoms with Crippen molar-refractivity contribution in [3.05, 3.63) is 45.8 Å². The largest absolute Gasteiger partial charge is 0.477 e. The zero-order chi connectivity index (χ0) is 24.1. The van der Waals surface area contributed by atoms with Gasteiger partial charge in [0.1, 0.15) is 22.9 Å². The predicted molar refractivity (Wildman–Crippen MR) is 114 cm³/mol. The Labute approximate surface area is 191 Å². The van der Waals surface area contributed by atoms with Gasteiger partial charge in [-0.25, -0.2) is 23.6 Å². The number of aliphatic hydroxyl groups excluding tert-OH is 1. The van der Waals surface area contributed by atoms with E-state index in [4.69, 9.17) is 4.74 Å². The summed E-state index contributed by atoms with van der Waals surface area (Å²) in [7, 11) is 1.23. The molecule has 1 aliphatic heterocycles. The Morgan fingerprint density at radius 1 is 1.26 bits per heavy atom. The number of hydrogen-bond donors (Lipinski definition) is 2. The molecule has 1 saturated carbocycles. The molecule has 0 unspecified atom stereocenters. The molecule has 34 heavy (non-hydrogen) atoms. The van der Waals surface area contributed by atoms with Gasteiger partial charge in [0.05, 0.1) is 31.3 Å². The van der Waals surface area contributed by atoms with Gasteiger partial charge in [0, 0.05) is 25.2 Å². The number of ether oxygens (including phenoxy) is 1. The molecule has 4 heterocycles. The van der Waals surface area contributed by atoms with E-state index in [0.29, 0.717) is 5.69 Å². The number of aromatic carboxylic acids is 1. The third-order valence-corrected chi connectivity index (χ3v) is 6.23. The summed E-state index contributed by atoms with van der Waals surface area (Å²) in [5, 5.41) is 26.4. The number of methoxy groups -OCH3 is 1. The van der Waals surface area contributed by atoms with Crippen LogP contribution in [-0.2, 0) is 16.1 Å². The number of halogens is 1. The molecular formula is C21H21FN6O6. The molecule has 2 N–H and O–H groups in total. The normalized spacial score (nSPS) is 20.1. The van der Waals surface area contributed by atoms with Crippen LogP contribution < -0.4 is 10.3 Å². The van der Waals surface area contributed by atoms with Crippen molar-refractivity contribution in [2.75, 3.05) is 18.6 Å². The van der Waals surface area contributed by atoms with Crippen molar-refractivity contribution in [2.24, 2.45) is 0 Å². The van der Waals surface area contributed by atoms with Gasteiger partial charge >= 0.3 is 11.9 Å². The number of carbonyl (C=O) groups excluding carboxylic acids is 1. The Morgan fingerprint density at radius 2 is 2.03 bits per heavy atom. The quantitative estimate of drug-likeness (QED) is 0.489. The highest BCUT2D eigenvalue weighted by Crippen LogP contribution is 2.38. The minimum Gasteiger partial charge on any atom is -0.477 e. The molecule has 0 aromatic carbocycles. The summed E-state index contributed by atoms with van der Waals surface area (Å²) in [4.78, 5) is 42.7. The molecule has 2 atom stereocenters. The highest BCUT2D eigenvalue weighted by molar-refractivity contribution is 5.92. The first kappa shape index (κ1) is 21.9. The van der Waals surface area contributed by atoms with Crippen LogP contribution in [0, 0.1) is 5.82 Å².